The molecule has 0 aliphatic rings. The lowest BCUT2D eigenvalue weighted by Gasteiger charge is -2.22. The standard InChI is InChI=1S/C16H20BrFN4O/c1-4-22(5-2)14-7-6-11(8-12(14)18)9-19-13-10-20-21(3)16(23)15(13)17/h6-8,10,19H,4-5,9H2,1-3H3. The highest BCUT2D eigenvalue weighted by molar-refractivity contribution is 9.10. The number of benzene rings is 1. The molecule has 1 heterocycles. The second-order valence-corrected chi connectivity index (χ2v) is 5.91. The van der Waals surface area contributed by atoms with Gasteiger partial charge in [-0.2, -0.15) is 5.10 Å². The quantitative estimate of drug-likeness (QED) is 0.833. The number of hydrogen-bond acceptors (Lipinski definition) is 4. The van der Waals surface area contributed by atoms with E-state index in [4.69, 9.17) is 0 Å². The predicted molar refractivity (Wildman–Crippen MR) is 94.5 cm³/mol. The number of halogens is 2. The van der Waals surface area contributed by atoms with Gasteiger partial charge in [0.15, 0.2) is 0 Å². The van der Waals surface area contributed by atoms with Gasteiger partial charge in [-0.05, 0) is 47.5 Å². The van der Waals surface area contributed by atoms with E-state index in [1.165, 1.54) is 10.7 Å². The molecule has 0 amide bonds. The molecule has 23 heavy (non-hydrogen) atoms. The molecule has 0 atom stereocenters. The van der Waals surface area contributed by atoms with Crippen LogP contribution in [-0.4, -0.2) is 22.9 Å². The van der Waals surface area contributed by atoms with Gasteiger partial charge in [0.1, 0.15) is 10.3 Å². The molecular weight excluding hydrogens is 363 g/mol. The SMILES string of the molecule is CCN(CC)c1ccc(CNc2cnn(C)c(=O)c2Br)cc1F. The summed E-state index contributed by atoms with van der Waals surface area (Å²) in [6, 6.07) is 5.19. The van der Waals surface area contributed by atoms with Crippen LogP contribution in [0.3, 0.4) is 0 Å². The topological polar surface area (TPSA) is 50.2 Å². The first kappa shape index (κ1) is 17.5. The maximum absolute atomic E-state index is 14.3. The van der Waals surface area contributed by atoms with Crippen molar-refractivity contribution in [1.82, 2.24) is 9.78 Å². The maximum atomic E-state index is 14.3. The van der Waals surface area contributed by atoms with E-state index in [2.05, 4.69) is 26.3 Å². The molecule has 7 heteroatoms. The van der Waals surface area contributed by atoms with Gasteiger partial charge in [-0.1, -0.05) is 6.07 Å². The first-order valence-electron chi connectivity index (χ1n) is 7.47. The van der Waals surface area contributed by atoms with Crippen molar-refractivity contribution in [3.05, 3.63) is 50.6 Å². The Labute approximate surface area is 143 Å². The van der Waals surface area contributed by atoms with E-state index in [1.807, 2.05) is 24.8 Å². The smallest absolute Gasteiger partial charge is 0.282 e. The molecular formula is C16H20BrFN4O. The van der Waals surface area contributed by atoms with Crippen LogP contribution >= 0.6 is 15.9 Å². The average Bonchev–Trinajstić information content (AvgIpc) is 2.55. The molecule has 0 saturated carbocycles. The van der Waals surface area contributed by atoms with Gasteiger partial charge in [0, 0.05) is 26.7 Å². The summed E-state index contributed by atoms with van der Waals surface area (Å²) in [5.74, 6) is -0.242. The third-order valence-corrected chi connectivity index (χ3v) is 4.44. The predicted octanol–water partition coefficient (Wildman–Crippen LogP) is 3.14. The summed E-state index contributed by atoms with van der Waals surface area (Å²) in [6.45, 7) is 5.93. The maximum Gasteiger partial charge on any atom is 0.282 e. The zero-order chi connectivity index (χ0) is 17.0. The Balaban J connectivity index is 2.14. The Kier molecular flexibility index (Phi) is 5.76. The van der Waals surface area contributed by atoms with Gasteiger partial charge in [0.05, 0.1) is 17.6 Å². The minimum atomic E-state index is -0.242. The largest absolute Gasteiger partial charge is 0.379 e. The van der Waals surface area contributed by atoms with Crippen molar-refractivity contribution in [3.63, 3.8) is 0 Å². The lowest BCUT2D eigenvalue weighted by molar-refractivity contribution is 0.618. The lowest BCUT2D eigenvalue weighted by Crippen LogP contribution is -2.23. The van der Waals surface area contributed by atoms with Gasteiger partial charge in [-0.15, -0.1) is 0 Å². The molecule has 1 aromatic carbocycles. The Bertz CT molecular complexity index is 743. The summed E-state index contributed by atoms with van der Waals surface area (Å²) in [4.78, 5) is 13.8. The Morgan fingerprint density at radius 2 is 2.04 bits per heavy atom. The number of hydrogen-bond donors (Lipinski definition) is 1. The first-order chi connectivity index (χ1) is 11.0. The van der Waals surface area contributed by atoms with Crippen LogP contribution in [0.5, 0.6) is 0 Å². The zero-order valence-corrected chi connectivity index (χ0v) is 15.0. The molecule has 1 N–H and O–H groups in total. The van der Waals surface area contributed by atoms with Crippen molar-refractivity contribution >= 4 is 27.3 Å². The molecule has 2 rings (SSSR count). The molecule has 124 valence electrons. The van der Waals surface area contributed by atoms with Crippen molar-refractivity contribution in [3.8, 4) is 0 Å². The molecule has 0 saturated heterocycles. The molecule has 5 nitrogen and oxygen atoms in total. The fourth-order valence-electron chi connectivity index (χ4n) is 2.31. The molecule has 0 spiro atoms. The van der Waals surface area contributed by atoms with E-state index < -0.39 is 0 Å². The van der Waals surface area contributed by atoms with Crippen molar-refractivity contribution < 1.29 is 4.39 Å². The number of nitrogens with one attached hydrogen (secondary N) is 1. The summed E-state index contributed by atoms with van der Waals surface area (Å²) < 4.78 is 15.9. The second-order valence-electron chi connectivity index (χ2n) is 5.11. The van der Waals surface area contributed by atoms with E-state index in [1.54, 1.807) is 19.3 Å². The second kappa shape index (κ2) is 7.59. The Morgan fingerprint density at radius 1 is 1.35 bits per heavy atom. The first-order valence-corrected chi connectivity index (χ1v) is 8.26. The van der Waals surface area contributed by atoms with Crippen LogP contribution in [0.1, 0.15) is 19.4 Å². The lowest BCUT2D eigenvalue weighted by atomic mass is 10.1. The van der Waals surface area contributed by atoms with Crippen LogP contribution in [0, 0.1) is 5.82 Å². The molecule has 0 aliphatic carbocycles. The third kappa shape index (κ3) is 3.90. The van der Waals surface area contributed by atoms with E-state index >= 15 is 0 Å². The molecule has 0 unspecified atom stereocenters. The highest BCUT2D eigenvalue weighted by Gasteiger charge is 2.10. The Morgan fingerprint density at radius 3 is 2.65 bits per heavy atom. The third-order valence-electron chi connectivity index (χ3n) is 3.68. The van der Waals surface area contributed by atoms with Crippen LogP contribution in [0.4, 0.5) is 15.8 Å². The summed E-state index contributed by atoms with van der Waals surface area (Å²) >= 11 is 3.25. The van der Waals surface area contributed by atoms with Crippen molar-refractivity contribution in [2.45, 2.75) is 20.4 Å². The van der Waals surface area contributed by atoms with E-state index in [9.17, 15) is 9.18 Å². The fourth-order valence-corrected chi connectivity index (χ4v) is 2.81. The summed E-state index contributed by atoms with van der Waals surface area (Å²) in [5.41, 5.74) is 1.76. The van der Waals surface area contributed by atoms with Crippen LogP contribution in [-0.2, 0) is 13.6 Å². The summed E-state index contributed by atoms with van der Waals surface area (Å²) in [7, 11) is 1.58. The molecule has 0 radical (unpaired) electrons. The molecule has 0 fully saturated rings. The number of rotatable bonds is 6. The van der Waals surface area contributed by atoms with Crippen molar-refractivity contribution in [2.75, 3.05) is 23.3 Å². The van der Waals surface area contributed by atoms with Crippen LogP contribution in [0.15, 0.2) is 33.7 Å². The van der Waals surface area contributed by atoms with Crippen LogP contribution < -0.4 is 15.8 Å². The van der Waals surface area contributed by atoms with Gasteiger partial charge in [0.2, 0.25) is 0 Å². The highest BCUT2D eigenvalue weighted by Crippen LogP contribution is 2.22. The normalized spacial score (nSPS) is 10.7. The van der Waals surface area contributed by atoms with Gasteiger partial charge in [-0.25, -0.2) is 9.07 Å². The number of anilines is 2. The Hall–Kier alpha value is -1.89. The zero-order valence-electron chi connectivity index (χ0n) is 13.4. The number of aromatic nitrogens is 2. The van der Waals surface area contributed by atoms with Gasteiger partial charge in [-0.3, -0.25) is 4.79 Å². The van der Waals surface area contributed by atoms with Crippen molar-refractivity contribution in [2.24, 2.45) is 7.05 Å². The van der Waals surface area contributed by atoms with E-state index in [0.29, 0.717) is 22.4 Å². The van der Waals surface area contributed by atoms with Gasteiger partial charge >= 0.3 is 0 Å². The highest BCUT2D eigenvalue weighted by atomic mass is 79.9. The number of aryl methyl sites for hydroxylation is 1. The minimum Gasteiger partial charge on any atom is -0.379 e. The minimum absolute atomic E-state index is 0.224. The average molecular weight is 383 g/mol. The molecule has 1 aromatic heterocycles. The monoisotopic (exact) mass is 382 g/mol. The molecule has 0 aliphatic heterocycles. The molecule has 2 aromatic rings. The van der Waals surface area contributed by atoms with Gasteiger partial charge < -0.3 is 10.2 Å². The van der Waals surface area contributed by atoms with Crippen LogP contribution in [0.25, 0.3) is 0 Å². The van der Waals surface area contributed by atoms with E-state index in [0.717, 1.165) is 18.7 Å². The molecule has 0 bridgehead atoms. The summed E-state index contributed by atoms with van der Waals surface area (Å²) in [6.07, 6.45) is 1.56. The van der Waals surface area contributed by atoms with E-state index in [-0.39, 0.29) is 11.4 Å². The van der Waals surface area contributed by atoms with Crippen molar-refractivity contribution in [1.29, 1.82) is 0 Å². The number of nitrogens with zero attached hydrogens (tertiary/aromatic N) is 3. The van der Waals surface area contributed by atoms with Crippen LogP contribution in [0.2, 0.25) is 0 Å². The van der Waals surface area contributed by atoms with Gasteiger partial charge in [0.25, 0.3) is 5.56 Å². The fraction of sp³-hybridized carbons (Fsp3) is 0.375. The summed E-state index contributed by atoms with van der Waals surface area (Å²) in [5, 5.41) is 7.06.